The standard InChI is InChI=1S/C9H15N3OS/c1-4-12(5-2)8(13)7-6(3)11-9(10)14-7/h4-5H2,1-3H3,(H2,10,11). The topological polar surface area (TPSA) is 59.2 Å². The van der Waals surface area contributed by atoms with E-state index in [0.29, 0.717) is 23.1 Å². The number of rotatable bonds is 3. The summed E-state index contributed by atoms with van der Waals surface area (Å²) in [6.07, 6.45) is 0. The van der Waals surface area contributed by atoms with Crippen molar-refractivity contribution in [2.24, 2.45) is 0 Å². The van der Waals surface area contributed by atoms with Crippen LogP contribution in [0.25, 0.3) is 0 Å². The SMILES string of the molecule is CCN(CC)C(=O)c1sc(N)nc1C. The number of aryl methyl sites for hydroxylation is 1. The van der Waals surface area contributed by atoms with Gasteiger partial charge in [0.2, 0.25) is 0 Å². The van der Waals surface area contributed by atoms with Crippen LogP contribution in [0, 0.1) is 6.92 Å². The maximum Gasteiger partial charge on any atom is 0.265 e. The Hall–Kier alpha value is -1.10. The summed E-state index contributed by atoms with van der Waals surface area (Å²) in [7, 11) is 0. The first kappa shape index (κ1) is 11.0. The molecule has 5 heteroatoms. The van der Waals surface area contributed by atoms with Crippen molar-refractivity contribution in [3.63, 3.8) is 0 Å². The highest BCUT2D eigenvalue weighted by Crippen LogP contribution is 2.21. The van der Waals surface area contributed by atoms with Crippen molar-refractivity contribution in [2.45, 2.75) is 20.8 Å². The number of nitrogens with two attached hydrogens (primary N) is 1. The molecule has 0 spiro atoms. The fourth-order valence-electron chi connectivity index (χ4n) is 1.27. The molecular formula is C9H15N3OS. The number of thiazole rings is 1. The number of carbonyl (C=O) groups is 1. The van der Waals surface area contributed by atoms with Gasteiger partial charge in [0.05, 0.1) is 5.69 Å². The third-order valence-corrected chi connectivity index (χ3v) is 3.03. The fourth-order valence-corrected chi connectivity index (χ4v) is 2.07. The summed E-state index contributed by atoms with van der Waals surface area (Å²) in [4.78, 5) is 18.3. The summed E-state index contributed by atoms with van der Waals surface area (Å²) in [6.45, 7) is 7.16. The van der Waals surface area contributed by atoms with Gasteiger partial charge in [-0.25, -0.2) is 4.98 Å². The van der Waals surface area contributed by atoms with Crippen LogP contribution in [0.2, 0.25) is 0 Å². The van der Waals surface area contributed by atoms with Crippen LogP contribution >= 0.6 is 11.3 Å². The lowest BCUT2D eigenvalue weighted by atomic mass is 10.3. The largest absolute Gasteiger partial charge is 0.375 e. The smallest absolute Gasteiger partial charge is 0.265 e. The van der Waals surface area contributed by atoms with E-state index in [-0.39, 0.29) is 5.91 Å². The maximum absolute atomic E-state index is 11.9. The Bertz CT molecular complexity index is 331. The molecule has 0 unspecified atom stereocenters. The van der Waals surface area contributed by atoms with E-state index < -0.39 is 0 Å². The molecule has 0 fully saturated rings. The first-order chi connectivity index (χ1) is 6.60. The second-order valence-corrected chi connectivity index (χ2v) is 3.97. The molecular weight excluding hydrogens is 198 g/mol. The molecule has 0 saturated heterocycles. The summed E-state index contributed by atoms with van der Waals surface area (Å²) < 4.78 is 0. The summed E-state index contributed by atoms with van der Waals surface area (Å²) >= 11 is 1.26. The first-order valence-electron chi connectivity index (χ1n) is 4.62. The zero-order chi connectivity index (χ0) is 10.7. The van der Waals surface area contributed by atoms with Crippen LogP contribution in [0.1, 0.15) is 29.2 Å². The number of amides is 1. The van der Waals surface area contributed by atoms with Crippen LogP contribution in [0.3, 0.4) is 0 Å². The third-order valence-electron chi connectivity index (χ3n) is 2.06. The molecule has 0 atom stereocenters. The molecule has 1 aromatic heterocycles. The highest BCUT2D eigenvalue weighted by molar-refractivity contribution is 7.17. The lowest BCUT2D eigenvalue weighted by molar-refractivity contribution is 0.0777. The number of nitrogens with zero attached hydrogens (tertiary/aromatic N) is 2. The quantitative estimate of drug-likeness (QED) is 0.828. The third kappa shape index (κ3) is 2.04. The van der Waals surface area contributed by atoms with Crippen molar-refractivity contribution < 1.29 is 4.79 Å². The maximum atomic E-state index is 11.9. The van der Waals surface area contributed by atoms with Gasteiger partial charge in [0, 0.05) is 13.1 Å². The van der Waals surface area contributed by atoms with Crippen molar-refractivity contribution in [3.05, 3.63) is 10.6 Å². The van der Waals surface area contributed by atoms with Crippen molar-refractivity contribution in [1.82, 2.24) is 9.88 Å². The number of anilines is 1. The normalized spacial score (nSPS) is 10.2. The van der Waals surface area contributed by atoms with Crippen LogP contribution in [0.4, 0.5) is 5.13 Å². The number of hydrogen-bond acceptors (Lipinski definition) is 4. The van der Waals surface area contributed by atoms with Gasteiger partial charge in [-0.15, -0.1) is 0 Å². The fraction of sp³-hybridized carbons (Fsp3) is 0.556. The van der Waals surface area contributed by atoms with Crippen LogP contribution in [-0.4, -0.2) is 28.9 Å². The van der Waals surface area contributed by atoms with Gasteiger partial charge in [0.1, 0.15) is 4.88 Å². The molecule has 0 saturated carbocycles. The molecule has 0 aliphatic carbocycles. The number of aromatic nitrogens is 1. The highest BCUT2D eigenvalue weighted by atomic mass is 32.1. The van der Waals surface area contributed by atoms with E-state index in [1.807, 2.05) is 20.8 Å². The molecule has 0 bridgehead atoms. The molecule has 78 valence electrons. The van der Waals surface area contributed by atoms with Gasteiger partial charge in [-0.05, 0) is 20.8 Å². The number of nitrogen functional groups attached to an aromatic ring is 1. The van der Waals surface area contributed by atoms with Crippen molar-refractivity contribution in [3.8, 4) is 0 Å². The Morgan fingerprint density at radius 3 is 2.43 bits per heavy atom. The molecule has 1 rings (SSSR count). The molecule has 1 aromatic rings. The number of carbonyl (C=O) groups excluding carboxylic acids is 1. The van der Waals surface area contributed by atoms with Gasteiger partial charge in [0.25, 0.3) is 5.91 Å². The Kier molecular flexibility index (Phi) is 3.46. The monoisotopic (exact) mass is 213 g/mol. The van der Waals surface area contributed by atoms with E-state index in [1.165, 1.54) is 11.3 Å². The van der Waals surface area contributed by atoms with Gasteiger partial charge in [0.15, 0.2) is 5.13 Å². The minimum absolute atomic E-state index is 0.0294. The summed E-state index contributed by atoms with van der Waals surface area (Å²) in [5.41, 5.74) is 6.26. The molecule has 1 amide bonds. The number of hydrogen-bond donors (Lipinski definition) is 1. The molecule has 4 nitrogen and oxygen atoms in total. The van der Waals surface area contributed by atoms with Crippen molar-refractivity contribution in [2.75, 3.05) is 18.8 Å². The van der Waals surface area contributed by atoms with Crippen LogP contribution in [0.15, 0.2) is 0 Å². The minimum Gasteiger partial charge on any atom is -0.375 e. The summed E-state index contributed by atoms with van der Waals surface area (Å²) in [6, 6.07) is 0. The summed E-state index contributed by atoms with van der Waals surface area (Å²) in [5, 5.41) is 0.456. The summed E-state index contributed by atoms with van der Waals surface area (Å²) in [5.74, 6) is 0.0294. The first-order valence-corrected chi connectivity index (χ1v) is 5.44. The Labute approximate surface area is 87.7 Å². The van der Waals surface area contributed by atoms with Crippen LogP contribution in [-0.2, 0) is 0 Å². The van der Waals surface area contributed by atoms with Crippen LogP contribution in [0.5, 0.6) is 0 Å². The predicted octanol–water partition coefficient (Wildman–Crippen LogP) is 1.52. The van der Waals surface area contributed by atoms with E-state index in [4.69, 9.17) is 5.73 Å². The zero-order valence-electron chi connectivity index (χ0n) is 8.70. The van der Waals surface area contributed by atoms with Gasteiger partial charge >= 0.3 is 0 Å². The molecule has 14 heavy (non-hydrogen) atoms. The Morgan fingerprint density at radius 1 is 1.50 bits per heavy atom. The van der Waals surface area contributed by atoms with E-state index in [1.54, 1.807) is 4.90 Å². The average molecular weight is 213 g/mol. The van der Waals surface area contributed by atoms with E-state index in [9.17, 15) is 4.79 Å². The lowest BCUT2D eigenvalue weighted by Gasteiger charge is -2.17. The van der Waals surface area contributed by atoms with E-state index in [0.717, 1.165) is 5.69 Å². The predicted molar refractivity (Wildman–Crippen MR) is 58.5 cm³/mol. The second kappa shape index (κ2) is 4.41. The average Bonchev–Trinajstić information content (AvgIpc) is 2.47. The Balaban J connectivity index is 2.93. The van der Waals surface area contributed by atoms with Gasteiger partial charge < -0.3 is 10.6 Å². The van der Waals surface area contributed by atoms with E-state index in [2.05, 4.69) is 4.98 Å². The molecule has 2 N–H and O–H groups in total. The second-order valence-electron chi connectivity index (χ2n) is 2.94. The lowest BCUT2D eigenvalue weighted by Crippen LogP contribution is -2.30. The zero-order valence-corrected chi connectivity index (χ0v) is 9.52. The molecule has 0 aromatic carbocycles. The Morgan fingerprint density at radius 2 is 2.07 bits per heavy atom. The van der Waals surface area contributed by atoms with Crippen molar-refractivity contribution >= 4 is 22.4 Å². The van der Waals surface area contributed by atoms with Gasteiger partial charge in [-0.3, -0.25) is 4.79 Å². The van der Waals surface area contributed by atoms with E-state index >= 15 is 0 Å². The molecule has 0 aliphatic heterocycles. The van der Waals surface area contributed by atoms with Crippen molar-refractivity contribution in [1.29, 1.82) is 0 Å². The molecule has 0 radical (unpaired) electrons. The molecule has 0 aliphatic rings. The molecule has 1 heterocycles. The van der Waals surface area contributed by atoms with Crippen LogP contribution < -0.4 is 5.73 Å². The highest BCUT2D eigenvalue weighted by Gasteiger charge is 2.18. The minimum atomic E-state index is 0.0294. The van der Waals surface area contributed by atoms with Gasteiger partial charge in [-0.1, -0.05) is 11.3 Å². The van der Waals surface area contributed by atoms with Gasteiger partial charge in [-0.2, -0.15) is 0 Å².